The van der Waals surface area contributed by atoms with Crippen LogP contribution in [0.15, 0.2) is 69.6 Å². The zero-order valence-corrected chi connectivity index (χ0v) is 14.2. The third-order valence-electron chi connectivity index (χ3n) is 3.39. The van der Waals surface area contributed by atoms with Gasteiger partial charge in [-0.1, -0.05) is 58.4 Å². The molecule has 4 heteroatoms. The lowest BCUT2D eigenvalue weighted by Gasteiger charge is -2.02. The predicted molar refractivity (Wildman–Crippen MR) is 93.2 cm³/mol. The number of hydrogen-bond donors (Lipinski definition) is 0. The van der Waals surface area contributed by atoms with Crippen LogP contribution in [0.5, 0.6) is 0 Å². The maximum atomic E-state index is 12.2. The molecule has 116 valence electrons. The largest absolute Gasteiger partial charge is 0.460 e. The van der Waals surface area contributed by atoms with Gasteiger partial charge in [-0.2, -0.15) is 0 Å². The Bertz CT molecular complexity index is 822. The number of rotatable bonds is 4. The maximum Gasteiger partial charge on any atom is 0.374 e. The lowest BCUT2D eigenvalue weighted by Crippen LogP contribution is -2.04. The molecule has 1 heterocycles. The number of esters is 1. The Labute approximate surface area is 143 Å². The van der Waals surface area contributed by atoms with Crippen molar-refractivity contribution in [2.45, 2.75) is 6.92 Å². The molecule has 0 aliphatic carbocycles. The molecule has 3 aromatic rings. The highest BCUT2D eigenvalue weighted by atomic mass is 79.9. The first-order valence-electron chi connectivity index (χ1n) is 7.31. The molecule has 0 amide bonds. The van der Waals surface area contributed by atoms with Crippen molar-refractivity contribution < 1.29 is 13.9 Å². The topological polar surface area (TPSA) is 39.4 Å². The van der Waals surface area contributed by atoms with Crippen LogP contribution >= 0.6 is 15.9 Å². The maximum absolute atomic E-state index is 12.2. The van der Waals surface area contributed by atoms with Crippen molar-refractivity contribution in [2.75, 3.05) is 6.61 Å². The fourth-order valence-corrected chi connectivity index (χ4v) is 2.75. The van der Waals surface area contributed by atoms with Gasteiger partial charge in [0.1, 0.15) is 5.76 Å². The van der Waals surface area contributed by atoms with Gasteiger partial charge < -0.3 is 9.15 Å². The molecule has 0 bridgehead atoms. The Morgan fingerprint density at radius 3 is 2.48 bits per heavy atom. The number of carbonyl (C=O) groups is 1. The summed E-state index contributed by atoms with van der Waals surface area (Å²) in [5, 5.41) is 0. The molecule has 0 unspecified atom stereocenters. The molecular weight excluding hydrogens is 356 g/mol. The van der Waals surface area contributed by atoms with Crippen molar-refractivity contribution in [3.05, 3.63) is 70.9 Å². The molecular formula is C19H15BrO3. The SMILES string of the molecule is CCOC(=O)c1oc(-c2cccc(Br)c2)cc1-c1ccccc1. The Kier molecular flexibility index (Phi) is 4.63. The van der Waals surface area contributed by atoms with Gasteiger partial charge in [0.15, 0.2) is 0 Å². The van der Waals surface area contributed by atoms with Crippen LogP contribution in [-0.2, 0) is 4.74 Å². The highest BCUT2D eigenvalue weighted by Gasteiger charge is 2.21. The van der Waals surface area contributed by atoms with E-state index in [0.29, 0.717) is 12.4 Å². The molecule has 0 radical (unpaired) electrons. The summed E-state index contributed by atoms with van der Waals surface area (Å²) < 4.78 is 11.9. The summed E-state index contributed by atoms with van der Waals surface area (Å²) in [7, 11) is 0. The summed E-state index contributed by atoms with van der Waals surface area (Å²) in [5.41, 5.74) is 2.55. The second-order valence-corrected chi connectivity index (χ2v) is 5.87. The number of benzene rings is 2. The van der Waals surface area contributed by atoms with Crippen LogP contribution in [0.1, 0.15) is 17.5 Å². The van der Waals surface area contributed by atoms with E-state index in [9.17, 15) is 4.79 Å². The molecule has 3 rings (SSSR count). The molecule has 0 N–H and O–H groups in total. The van der Waals surface area contributed by atoms with Crippen LogP contribution < -0.4 is 0 Å². The zero-order chi connectivity index (χ0) is 16.2. The molecule has 0 saturated carbocycles. The van der Waals surface area contributed by atoms with Gasteiger partial charge in [-0.3, -0.25) is 0 Å². The molecule has 2 aromatic carbocycles. The number of carbonyl (C=O) groups excluding carboxylic acids is 1. The first-order chi connectivity index (χ1) is 11.2. The van der Waals surface area contributed by atoms with Gasteiger partial charge in [0.05, 0.1) is 6.61 Å². The first kappa shape index (κ1) is 15.6. The van der Waals surface area contributed by atoms with Crippen LogP contribution in [-0.4, -0.2) is 12.6 Å². The van der Waals surface area contributed by atoms with E-state index in [2.05, 4.69) is 15.9 Å². The first-order valence-corrected chi connectivity index (χ1v) is 8.10. The van der Waals surface area contributed by atoms with Gasteiger partial charge >= 0.3 is 5.97 Å². The monoisotopic (exact) mass is 370 g/mol. The highest BCUT2D eigenvalue weighted by molar-refractivity contribution is 9.10. The van der Waals surface area contributed by atoms with Crippen LogP contribution in [0.25, 0.3) is 22.5 Å². The van der Waals surface area contributed by atoms with Crippen molar-refractivity contribution in [1.29, 1.82) is 0 Å². The summed E-state index contributed by atoms with van der Waals surface area (Å²) in [4.78, 5) is 12.2. The quantitative estimate of drug-likeness (QED) is 0.564. The second-order valence-electron chi connectivity index (χ2n) is 4.95. The van der Waals surface area contributed by atoms with Crippen molar-refractivity contribution in [1.82, 2.24) is 0 Å². The van der Waals surface area contributed by atoms with Crippen molar-refractivity contribution in [3.63, 3.8) is 0 Å². The Hall–Kier alpha value is -2.33. The number of hydrogen-bond acceptors (Lipinski definition) is 3. The molecule has 0 atom stereocenters. The smallest absolute Gasteiger partial charge is 0.374 e. The van der Waals surface area contributed by atoms with E-state index in [1.165, 1.54) is 0 Å². The van der Waals surface area contributed by atoms with E-state index < -0.39 is 5.97 Å². The standard InChI is InChI=1S/C19H15BrO3/c1-2-22-19(21)18-16(13-7-4-3-5-8-13)12-17(23-18)14-9-6-10-15(20)11-14/h3-12H,2H2,1H3. The van der Waals surface area contributed by atoms with Gasteiger partial charge in [-0.25, -0.2) is 4.79 Å². The Morgan fingerprint density at radius 1 is 1.04 bits per heavy atom. The Balaban J connectivity index is 2.12. The van der Waals surface area contributed by atoms with Gasteiger partial charge in [-0.15, -0.1) is 0 Å². The molecule has 1 aromatic heterocycles. The van der Waals surface area contributed by atoms with Crippen molar-refractivity contribution in [3.8, 4) is 22.5 Å². The summed E-state index contributed by atoms with van der Waals surface area (Å²) in [6, 6.07) is 19.3. The van der Waals surface area contributed by atoms with Crippen LogP contribution in [0.3, 0.4) is 0 Å². The van der Waals surface area contributed by atoms with E-state index in [-0.39, 0.29) is 5.76 Å². The lowest BCUT2D eigenvalue weighted by atomic mass is 10.0. The zero-order valence-electron chi connectivity index (χ0n) is 12.6. The van der Waals surface area contributed by atoms with E-state index >= 15 is 0 Å². The number of halogens is 1. The van der Waals surface area contributed by atoms with Gasteiger partial charge in [-0.05, 0) is 30.7 Å². The molecule has 3 nitrogen and oxygen atoms in total. The average molecular weight is 371 g/mol. The van der Waals surface area contributed by atoms with E-state index in [0.717, 1.165) is 21.2 Å². The van der Waals surface area contributed by atoms with E-state index in [4.69, 9.17) is 9.15 Å². The minimum absolute atomic E-state index is 0.230. The summed E-state index contributed by atoms with van der Waals surface area (Å²) in [6.07, 6.45) is 0. The summed E-state index contributed by atoms with van der Waals surface area (Å²) in [5.74, 6) is 0.411. The number of ether oxygens (including phenoxy) is 1. The van der Waals surface area contributed by atoms with Gasteiger partial charge in [0.2, 0.25) is 5.76 Å². The van der Waals surface area contributed by atoms with Crippen molar-refractivity contribution in [2.24, 2.45) is 0 Å². The Morgan fingerprint density at radius 2 is 1.78 bits per heavy atom. The highest BCUT2D eigenvalue weighted by Crippen LogP contribution is 2.34. The van der Waals surface area contributed by atoms with E-state index in [1.807, 2.05) is 60.7 Å². The number of furan rings is 1. The fourth-order valence-electron chi connectivity index (χ4n) is 2.36. The molecule has 0 saturated heterocycles. The molecule has 0 spiro atoms. The van der Waals surface area contributed by atoms with Crippen LogP contribution in [0.4, 0.5) is 0 Å². The second kappa shape index (κ2) is 6.84. The minimum Gasteiger partial charge on any atom is -0.460 e. The van der Waals surface area contributed by atoms with Gasteiger partial charge in [0.25, 0.3) is 0 Å². The molecule has 0 aliphatic heterocycles. The minimum atomic E-state index is -0.451. The molecule has 0 aliphatic rings. The fraction of sp³-hybridized carbons (Fsp3) is 0.105. The summed E-state index contributed by atoms with van der Waals surface area (Å²) in [6.45, 7) is 2.08. The average Bonchev–Trinajstić information content (AvgIpc) is 3.01. The molecule has 23 heavy (non-hydrogen) atoms. The van der Waals surface area contributed by atoms with Crippen LogP contribution in [0.2, 0.25) is 0 Å². The predicted octanol–water partition coefficient (Wildman–Crippen LogP) is 5.55. The molecule has 0 fully saturated rings. The van der Waals surface area contributed by atoms with Crippen molar-refractivity contribution >= 4 is 21.9 Å². The normalized spacial score (nSPS) is 10.5. The van der Waals surface area contributed by atoms with E-state index in [1.54, 1.807) is 6.92 Å². The van der Waals surface area contributed by atoms with Gasteiger partial charge in [0, 0.05) is 15.6 Å². The summed E-state index contributed by atoms with van der Waals surface area (Å²) >= 11 is 3.45. The third kappa shape index (κ3) is 3.37. The third-order valence-corrected chi connectivity index (χ3v) is 3.88. The lowest BCUT2D eigenvalue weighted by molar-refractivity contribution is 0.0492. The van der Waals surface area contributed by atoms with Crippen LogP contribution in [0, 0.1) is 0 Å².